The molecule has 0 spiro atoms. The average Bonchev–Trinajstić information content (AvgIpc) is 2.54. The summed E-state index contributed by atoms with van der Waals surface area (Å²) in [4.78, 5) is 56.7. The molecule has 0 aliphatic carbocycles. The number of carbonyl (C=O) groups excluding carboxylic acids is 3. The highest BCUT2D eigenvalue weighted by molar-refractivity contribution is 5.93. The number of nitrogens with two attached hydrogens (primary N) is 1. The minimum absolute atomic E-state index is 0.317. The number of carboxylic acid groups (broad SMARTS) is 2. The fourth-order valence-electron chi connectivity index (χ4n) is 1.66. The number of hydrogen-bond acceptors (Lipinski definition) is 7. The van der Waals surface area contributed by atoms with Crippen LogP contribution in [0.5, 0.6) is 0 Å². The number of amides is 3. The van der Waals surface area contributed by atoms with Gasteiger partial charge in [-0.1, -0.05) is 0 Å². The van der Waals surface area contributed by atoms with Crippen LogP contribution in [0.15, 0.2) is 0 Å². The molecule has 0 heterocycles. The maximum absolute atomic E-state index is 12.1. The second-order valence-electron chi connectivity index (χ2n) is 5.07. The third kappa shape index (κ3) is 8.62. The number of nitrogens with one attached hydrogen (secondary N) is 3. The topological polar surface area (TPSA) is 208 Å². The lowest BCUT2D eigenvalue weighted by Crippen LogP contribution is -2.56. The number of aliphatic hydroxyl groups excluding tert-OH is 1. The Morgan fingerprint density at radius 3 is 1.96 bits per heavy atom. The standard InChI is InChI=1S/C13H22N4O8/c1-6(15-9(19)4-14)11(22)16-7(2-3-10(20)21)12(23)17-8(5-18)13(24)25/h6-8,18H,2-5,14H2,1H3,(H,15,19)(H,16,22)(H,17,23)(H,20,21)(H,24,25). The Morgan fingerprint density at radius 1 is 0.960 bits per heavy atom. The van der Waals surface area contributed by atoms with E-state index in [1.807, 2.05) is 5.32 Å². The van der Waals surface area contributed by atoms with Crippen LogP contribution >= 0.6 is 0 Å². The molecule has 8 N–H and O–H groups in total. The molecular formula is C13H22N4O8. The zero-order valence-electron chi connectivity index (χ0n) is 13.5. The van der Waals surface area contributed by atoms with Crippen molar-refractivity contribution in [2.75, 3.05) is 13.2 Å². The summed E-state index contributed by atoms with van der Waals surface area (Å²) in [5.41, 5.74) is 5.10. The van der Waals surface area contributed by atoms with E-state index < -0.39 is 60.8 Å². The molecule has 0 aromatic carbocycles. The number of hydrogen-bond donors (Lipinski definition) is 7. The smallest absolute Gasteiger partial charge is 0.328 e. The molecule has 0 aromatic rings. The summed E-state index contributed by atoms with van der Waals surface area (Å²) < 4.78 is 0. The van der Waals surface area contributed by atoms with Crippen molar-refractivity contribution in [3.8, 4) is 0 Å². The first-order valence-electron chi connectivity index (χ1n) is 7.28. The molecule has 3 amide bonds. The highest BCUT2D eigenvalue weighted by Crippen LogP contribution is 2.00. The van der Waals surface area contributed by atoms with Crippen LogP contribution < -0.4 is 21.7 Å². The van der Waals surface area contributed by atoms with Crippen LogP contribution in [-0.4, -0.2) is 76.3 Å². The van der Waals surface area contributed by atoms with Gasteiger partial charge >= 0.3 is 11.9 Å². The maximum atomic E-state index is 12.1. The van der Waals surface area contributed by atoms with Gasteiger partial charge in [-0.05, 0) is 13.3 Å². The Hall–Kier alpha value is -2.73. The second kappa shape index (κ2) is 10.9. The third-order valence-electron chi connectivity index (χ3n) is 3.03. The normalized spacial score (nSPS) is 13.9. The van der Waals surface area contributed by atoms with E-state index in [1.165, 1.54) is 6.92 Å². The molecule has 0 fully saturated rings. The molecule has 12 nitrogen and oxygen atoms in total. The van der Waals surface area contributed by atoms with E-state index in [0.29, 0.717) is 0 Å². The Morgan fingerprint density at radius 2 is 1.52 bits per heavy atom. The minimum Gasteiger partial charge on any atom is -0.481 e. The van der Waals surface area contributed by atoms with Crippen LogP contribution in [0.4, 0.5) is 0 Å². The summed E-state index contributed by atoms with van der Waals surface area (Å²) in [6, 6.07) is -4.02. The van der Waals surface area contributed by atoms with Gasteiger partial charge in [0, 0.05) is 6.42 Å². The lowest BCUT2D eigenvalue weighted by molar-refractivity contribution is -0.144. The molecular weight excluding hydrogens is 340 g/mol. The van der Waals surface area contributed by atoms with Crippen molar-refractivity contribution in [2.24, 2.45) is 5.73 Å². The Labute approximate surface area is 142 Å². The maximum Gasteiger partial charge on any atom is 0.328 e. The van der Waals surface area contributed by atoms with Gasteiger partial charge in [0.25, 0.3) is 0 Å². The largest absolute Gasteiger partial charge is 0.481 e. The summed E-state index contributed by atoms with van der Waals surface area (Å²) in [6.07, 6.45) is -0.791. The van der Waals surface area contributed by atoms with Gasteiger partial charge in [0.2, 0.25) is 17.7 Å². The minimum atomic E-state index is -1.61. The SMILES string of the molecule is CC(NC(=O)CN)C(=O)NC(CCC(=O)O)C(=O)NC(CO)C(=O)O. The van der Waals surface area contributed by atoms with Crippen molar-refractivity contribution in [1.29, 1.82) is 0 Å². The molecule has 0 saturated carbocycles. The van der Waals surface area contributed by atoms with Crippen LogP contribution in [0, 0.1) is 0 Å². The molecule has 0 saturated heterocycles. The zero-order chi connectivity index (χ0) is 19.6. The summed E-state index contributed by atoms with van der Waals surface area (Å²) in [6.45, 7) is 0.0871. The van der Waals surface area contributed by atoms with E-state index >= 15 is 0 Å². The van der Waals surface area contributed by atoms with E-state index in [0.717, 1.165) is 0 Å². The van der Waals surface area contributed by atoms with Crippen LogP contribution in [0.2, 0.25) is 0 Å². The molecule has 142 valence electrons. The van der Waals surface area contributed by atoms with Crippen LogP contribution in [0.1, 0.15) is 19.8 Å². The van der Waals surface area contributed by atoms with Crippen molar-refractivity contribution in [3.05, 3.63) is 0 Å². The monoisotopic (exact) mass is 362 g/mol. The van der Waals surface area contributed by atoms with Crippen molar-refractivity contribution in [2.45, 2.75) is 37.9 Å². The molecule has 25 heavy (non-hydrogen) atoms. The van der Waals surface area contributed by atoms with Gasteiger partial charge in [0.1, 0.15) is 18.1 Å². The molecule has 3 atom stereocenters. The molecule has 0 bridgehead atoms. The van der Waals surface area contributed by atoms with Crippen molar-refractivity contribution in [3.63, 3.8) is 0 Å². The molecule has 0 aromatic heterocycles. The molecule has 0 radical (unpaired) electrons. The number of carbonyl (C=O) groups is 5. The first kappa shape index (κ1) is 22.3. The van der Waals surface area contributed by atoms with Gasteiger partial charge in [-0.25, -0.2) is 4.79 Å². The highest BCUT2D eigenvalue weighted by atomic mass is 16.4. The Kier molecular flexibility index (Phi) is 9.74. The number of aliphatic hydroxyl groups is 1. The first-order valence-corrected chi connectivity index (χ1v) is 7.28. The van der Waals surface area contributed by atoms with E-state index in [9.17, 15) is 24.0 Å². The zero-order valence-corrected chi connectivity index (χ0v) is 13.5. The van der Waals surface area contributed by atoms with Gasteiger partial charge < -0.3 is 37.0 Å². The van der Waals surface area contributed by atoms with Crippen LogP contribution in [0.25, 0.3) is 0 Å². The van der Waals surface area contributed by atoms with Crippen molar-refractivity contribution < 1.29 is 39.3 Å². The lowest BCUT2D eigenvalue weighted by Gasteiger charge is -2.22. The Balaban J connectivity index is 4.99. The quantitative estimate of drug-likeness (QED) is 0.193. The van der Waals surface area contributed by atoms with Gasteiger partial charge in [-0.2, -0.15) is 0 Å². The highest BCUT2D eigenvalue weighted by Gasteiger charge is 2.28. The molecule has 0 rings (SSSR count). The van der Waals surface area contributed by atoms with Crippen molar-refractivity contribution >= 4 is 29.7 Å². The van der Waals surface area contributed by atoms with Crippen LogP contribution in [-0.2, 0) is 24.0 Å². The van der Waals surface area contributed by atoms with E-state index in [-0.39, 0.29) is 13.0 Å². The average molecular weight is 362 g/mol. The van der Waals surface area contributed by atoms with E-state index in [1.54, 1.807) is 0 Å². The van der Waals surface area contributed by atoms with Crippen LogP contribution in [0.3, 0.4) is 0 Å². The fraction of sp³-hybridized carbons (Fsp3) is 0.615. The summed E-state index contributed by atoms with van der Waals surface area (Å²) >= 11 is 0. The van der Waals surface area contributed by atoms with Crippen molar-refractivity contribution in [1.82, 2.24) is 16.0 Å². The summed E-state index contributed by atoms with van der Waals surface area (Å²) in [5, 5.41) is 32.9. The molecule has 0 aliphatic heterocycles. The Bertz CT molecular complexity index is 524. The molecule has 0 aliphatic rings. The molecule has 12 heteroatoms. The lowest BCUT2D eigenvalue weighted by atomic mass is 10.1. The molecule has 3 unspecified atom stereocenters. The van der Waals surface area contributed by atoms with Gasteiger partial charge in [-0.3, -0.25) is 19.2 Å². The van der Waals surface area contributed by atoms with E-state index in [2.05, 4.69) is 10.6 Å². The number of rotatable bonds is 11. The number of carboxylic acids is 2. The van der Waals surface area contributed by atoms with Gasteiger partial charge in [0.05, 0.1) is 13.2 Å². The fourth-order valence-corrected chi connectivity index (χ4v) is 1.66. The third-order valence-corrected chi connectivity index (χ3v) is 3.03. The predicted molar refractivity (Wildman–Crippen MR) is 82.1 cm³/mol. The van der Waals surface area contributed by atoms with Gasteiger partial charge in [0.15, 0.2) is 0 Å². The van der Waals surface area contributed by atoms with Gasteiger partial charge in [-0.15, -0.1) is 0 Å². The summed E-state index contributed by atoms with van der Waals surface area (Å²) in [7, 11) is 0. The first-order chi connectivity index (χ1) is 11.6. The second-order valence-corrected chi connectivity index (χ2v) is 5.07. The summed E-state index contributed by atoms with van der Waals surface area (Å²) in [5.74, 6) is -5.10. The predicted octanol–water partition coefficient (Wildman–Crippen LogP) is -3.64. The number of aliphatic carboxylic acids is 2. The van der Waals surface area contributed by atoms with E-state index in [4.69, 9.17) is 21.1 Å².